The summed E-state index contributed by atoms with van der Waals surface area (Å²) in [5.74, 6) is -0.635. The van der Waals surface area contributed by atoms with Crippen molar-refractivity contribution in [2.75, 3.05) is 0 Å². The minimum Gasteiger partial charge on any atom is -0.349 e. The van der Waals surface area contributed by atoms with E-state index in [1.165, 1.54) is 29.5 Å². The molecule has 1 heterocycles. The van der Waals surface area contributed by atoms with Gasteiger partial charge in [-0.25, -0.2) is 9.37 Å². The van der Waals surface area contributed by atoms with E-state index in [0.717, 1.165) is 17.7 Å². The van der Waals surface area contributed by atoms with Gasteiger partial charge in [0.25, 0.3) is 5.91 Å². The lowest BCUT2D eigenvalue weighted by atomic mass is 10.1. The first-order valence-corrected chi connectivity index (χ1v) is 10.9. The highest BCUT2D eigenvalue weighted by Gasteiger charge is 2.30. The van der Waals surface area contributed by atoms with E-state index in [4.69, 9.17) is 0 Å². The molecule has 0 radical (unpaired) electrons. The van der Waals surface area contributed by atoms with Crippen LogP contribution in [0.4, 0.5) is 17.6 Å². The molecule has 1 amide bonds. The SMILES string of the molecule is CC(C)NC(=O)c1csc(CN(Cc2ccc(F)cc2)Cc2cccc(C(F)(F)F)c2)n1. The molecule has 2 aromatic carbocycles. The number of amides is 1. The van der Waals surface area contributed by atoms with Crippen LogP contribution in [-0.4, -0.2) is 21.8 Å². The highest BCUT2D eigenvalue weighted by Crippen LogP contribution is 2.30. The minimum absolute atomic E-state index is 0.0245. The number of rotatable bonds is 8. The van der Waals surface area contributed by atoms with Gasteiger partial charge in [0.05, 0.1) is 12.1 Å². The molecule has 0 unspecified atom stereocenters. The number of nitrogens with zero attached hydrogens (tertiary/aromatic N) is 2. The van der Waals surface area contributed by atoms with Crippen LogP contribution in [-0.2, 0) is 25.8 Å². The van der Waals surface area contributed by atoms with Crippen molar-refractivity contribution in [3.8, 4) is 0 Å². The Morgan fingerprint density at radius 1 is 1.06 bits per heavy atom. The Labute approximate surface area is 187 Å². The molecule has 0 fully saturated rings. The Bertz CT molecular complexity index is 1050. The van der Waals surface area contributed by atoms with Crippen molar-refractivity contribution in [2.45, 2.75) is 45.7 Å². The maximum Gasteiger partial charge on any atom is 0.416 e. The van der Waals surface area contributed by atoms with Crippen LogP contribution in [0.3, 0.4) is 0 Å². The Balaban J connectivity index is 1.81. The molecule has 0 aliphatic rings. The van der Waals surface area contributed by atoms with Crippen LogP contribution < -0.4 is 5.32 Å². The summed E-state index contributed by atoms with van der Waals surface area (Å²) < 4.78 is 52.6. The molecule has 32 heavy (non-hydrogen) atoms. The maximum absolute atomic E-state index is 13.3. The lowest BCUT2D eigenvalue weighted by molar-refractivity contribution is -0.137. The van der Waals surface area contributed by atoms with Crippen LogP contribution in [0.25, 0.3) is 0 Å². The number of alkyl halides is 3. The topological polar surface area (TPSA) is 45.2 Å². The van der Waals surface area contributed by atoms with Crippen molar-refractivity contribution < 1.29 is 22.4 Å². The molecule has 0 aliphatic carbocycles. The number of benzene rings is 2. The monoisotopic (exact) mass is 465 g/mol. The smallest absolute Gasteiger partial charge is 0.349 e. The molecule has 0 atom stereocenters. The van der Waals surface area contributed by atoms with Gasteiger partial charge in [0.1, 0.15) is 16.5 Å². The van der Waals surface area contributed by atoms with E-state index >= 15 is 0 Å². The van der Waals surface area contributed by atoms with Crippen LogP contribution >= 0.6 is 11.3 Å². The van der Waals surface area contributed by atoms with Crippen LogP contribution in [0.1, 0.15) is 46.0 Å². The van der Waals surface area contributed by atoms with Gasteiger partial charge in [0.15, 0.2) is 0 Å². The fourth-order valence-electron chi connectivity index (χ4n) is 3.14. The Kier molecular flexibility index (Phi) is 7.63. The summed E-state index contributed by atoms with van der Waals surface area (Å²) in [5.41, 5.74) is 0.905. The van der Waals surface area contributed by atoms with Gasteiger partial charge >= 0.3 is 6.18 Å². The van der Waals surface area contributed by atoms with Gasteiger partial charge in [-0.2, -0.15) is 13.2 Å². The van der Waals surface area contributed by atoms with Gasteiger partial charge in [-0.3, -0.25) is 9.69 Å². The number of aromatic nitrogens is 1. The third-order valence-corrected chi connectivity index (χ3v) is 5.38. The van der Waals surface area contributed by atoms with Crippen molar-refractivity contribution in [3.63, 3.8) is 0 Å². The summed E-state index contributed by atoms with van der Waals surface area (Å²) >= 11 is 1.31. The van der Waals surface area contributed by atoms with Crippen molar-refractivity contribution in [2.24, 2.45) is 0 Å². The first-order valence-electron chi connectivity index (χ1n) is 9.98. The average Bonchev–Trinajstić information content (AvgIpc) is 3.17. The first kappa shape index (κ1) is 23.9. The number of carbonyl (C=O) groups excluding carboxylic acids is 1. The molecule has 3 rings (SSSR count). The summed E-state index contributed by atoms with van der Waals surface area (Å²) in [7, 11) is 0. The number of halogens is 4. The summed E-state index contributed by atoms with van der Waals surface area (Å²) in [6, 6.07) is 11.1. The first-order chi connectivity index (χ1) is 15.1. The lowest BCUT2D eigenvalue weighted by Crippen LogP contribution is -2.30. The second kappa shape index (κ2) is 10.2. The van der Waals surface area contributed by atoms with E-state index in [9.17, 15) is 22.4 Å². The van der Waals surface area contributed by atoms with Crippen molar-refractivity contribution in [1.29, 1.82) is 0 Å². The summed E-state index contributed by atoms with van der Waals surface area (Å²) in [6.45, 7) is 4.64. The number of hydrogen-bond acceptors (Lipinski definition) is 4. The normalized spacial score (nSPS) is 11.9. The van der Waals surface area contributed by atoms with Crippen molar-refractivity contribution in [1.82, 2.24) is 15.2 Å². The molecular weight excluding hydrogens is 442 g/mol. The molecule has 1 aromatic heterocycles. The van der Waals surface area contributed by atoms with Crippen LogP contribution in [0.15, 0.2) is 53.9 Å². The zero-order chi connectivity index (χ0) is 23.3. The molecule has 0 saturated carbocycles. The second-order valence-corrected chi connectivity index (χ2v) is 8.67. The van der Waals surface area contributed by atoms with Crippen LogP contribution in [0.5, 0.6) is 0 Å². The third kappa shape index (κ3) is 6.86. The van der Waals surface area contributed by atoms with Crippen LogP contribution in [0.2, 0.25) is 0 Å². The molecule has 0 spiro atoms. The van der Waals surface area contributed by atoms with Crippen molar-refractivity contribution >= 4 is 17.2 Å². The second-order valence-electron chi connectivity index (χ2n) is 7.72. The van der Waals surface area contributed by atoms with Gasteiger partial charge in [-0.05, 0) is 43.2 Å². The number of hydrogen-bond donors (Lipinski definition) is 1. The van der Waals surface area contributed by atoms with Gasteiger partial charge in [0, 0.05) is 24.5 Å². The number of thiazole rings is 1. The molecule has 9 heteroatoms. The highest BCUT2D eigenvalue weighted by atomic mass is 32.1. The highest BCUT2D eigenvalue weighted by molar-refractivity contribution is 7.09. The zero-order valence-corrected chi connectivity index (χ0v) is 18.4. The standard InChI is InChI=1S/C23H23F4N3OS/c1-15(2)28-22(31)20-14-32-21(29-20)13-30(11-16-6-8-19(24)9-7-16)12-17-4-3-5-18(10-17)23(25,26)27/h3-10,14-15H,11-13H2,1-2H3,(H,28,31). The molecular formula is C23H23F4N3OS. The molecule has 4 nitrogen and oxygen atoms in total. The quantitative estimate of drug-likeness (QED) is 0.438. The molecule has 1 N–H and O–H groups in total. The number of carbonyl (C=O) groups is 1. The van der Waals surface area contributed by atoms with Gasteiger partial charge in [-0.1, -0.05) is 30.3 Å². The minimum atomic E-state index is -4.42. The average molecular weight is 466 g/mol. The van der Waals surface area contributed by atoms with Gasteiger partial charge < -0.3 is 5.32 Å². The van der Waals surface area contributed by atoms with E-state index in [1.807, 2.05) is 18.7 Å². The van der Waals surface area contributed by atoms with E-state index in [1.54, 1.807) is 23.6 Å². The summed E-state index contributed by atoms with van der Waals surface area (Å²) in [5, 5.41) is 5.10. The molecule has 3 aromatic rings. The van der Waals surface area contributed by atoms with Crippen molar-refractivity contribution in [3.05, 3.63) is 87.1 Å². The zero-order valence-electron chi connectivity index (χ0n) is 17.6. The molecule has 0 bridgehead atoms. The molecule has 0 aliphatic heterocycles. The Hall–Kier alpha value is -2.78. The maximum atomic E-state index is 13.3. The predicted octanol–water partition coefficient (Wildman–Crippen LogP) is 5.64. The fourth-order valence-corrected chi connectivity index (χ4v) is 3.95. The van der Waals surface area contributed by atoms with E-state index in [-0.39, 0.29) is 24.3 Å². The van der Waals surface area contributed by atoms with E-state index in [2.05, 4.69) is 10.3 Å². The van der Waals surface area contributed by atoms with Gasteiger partial charge in [0.2, 0.25) is 0 Å². The summed E-state index contributed by atoms with van der Waals surface area (Å²) in [4.78, 5) is 18.5. The third-order valence-electron chi connectivity index (χ3n) is 4.54. The molecule has 0 saturated heterocycles. The Morgan fingerprint density at radius 3 is 2.41 bits per heavy atom. The summed E-state index contributed by atoms with van der Waals surface area (Å²) in [6.07, 6.45) is -4.42. The fraction of sp³-hybridized carbons (Fsp3) is 0.304. The Morgan fingerprint density at radius 2 is 1.75 bits per heavy atom. The lowest BCUT2D eigenvalue weighted by Gasteiger charge is -2.22. The number of nitrogens with one attached hydrogen (secondary N) is 1. The van der Waals surface area contributed by atoms with E-state index in [0.29, 0.717) is 29.4 Å². The predicted molar refractivity (Wildman–Crippen MR) is 116 cm³/mol. The van der Waals surface area contributed by atoms with E-state index < -0.39 is 11.7 Å². The van der Waals surface area contributed by atoms with Gasteiger partial charge in [-0.15, -0.1) is 11.3 Å². The molecule has 170 valence electrons. The largest absolute Gasteiger partial charge is 0.416 e. The van der Waals surface area contributed by atoms with Crippen LogP contribution in [0, 0.1) is 5.82 Å².